The molecule has 18 heavy (non-hydrogen) atoms. The molecule has 2 saturated carbocycles. The fraction of sp³-hybridized carbons (Fsp3) is 0.846. The van der Waals surface area contributed by atoms with Crippen molar-refractivity contribution in [3.8, 4) is 0 Å². The molecule has 0 aromatic rings. The molecule has 0 bridgehead atoms. The van der Waals surface area contributed by atoms with Crippen LogP contribution in [0.4, 0.5) is 0 Å². The minimum Gasteiger partial charge on any atom is -0.370 e. The third-order valence-corrected chi connectivity index (χ3v) is 3.57. The molecule has 0 aliphatic heterocycles. The van der Waals surface area contributed by atoms with Crippen LogP contribution in [0.5, 0.6) is 0 Å². The number of guanidine groups is 1. The predicted molar refractivity (Wildman–Crippen MR) is 72.2 cm³/mol. The number of carbonyl (C=O) groups excluding carboxylic acids is 1. The van der Waals surface area contributed by atoms with Gasteiger partial charge in [0.05, 0.1) is 0 Å². The minimum atomic E-state index is 0.157. The molecule has 2 aliphatic carbocycles. The van der Waals surface area contributed by atoms with Gasteiger partial charge in [0.2, 0.25) is 5.91 Å². The molecule has 0 atom stereocenters. The van der Waals surface area contributed by atoms with Crippen molar-refractivity contribution in [3.63, 3.8) is 0 Å². The highest BCUT2D eigenvalue weighted by atomic mass is 16.1. The lowest BCUT2D eigenvalue weighted by Gasteiger charge is -2.23. The van der Waals surface area contributed by atoms with E-state index in [1.54, 1.807) is 0 Å². The van der Waals surface area contributed by atoms with Gasteiger partial charge in [-0.15, -0.1) is 0 Å². The van der Waals surface area contributed by atoms with Gasteiger partial charge >= 0.3 is 0 Å². The Hall–Kier alpha value is -1.26. The molecule has 0 unspecified atom stereocenters. The molecular weight excluding hydrogens is 228 g/mol. The van der Waals surface area contributed by atoms with Crippen molar-refractivity contribution in [2.75, 3.05) is 13.1 Å². The summed E-state index contributed by atoms with van der Waals surface area (Å²) in [4.78, 5) is 15.7. The van der Waals surface area contributed by atoms with Gasteiger partial charge in [-0.25, -0.2) is 0 Å². The van der Waals surface area contributed by atoms with Crippen LogP contribution in [-0.4, -0.2) is 31.0 Å². The fourth-order valence-corrected chi connectivity index (χ4v) is 1.95. The van der Waals surface area contributed by atoms with Crippen molar-refractivity contribution in [1.29, 1.82) is 0 Å². The van der Waals surface area contributed by atoms with E-state index in [-0.39, 0.29) is 5.91 Å². The summed E-state index contributed by atoms with van der Waals surface area (Å²) in [6.45, 7) is 1.57. The van der Waals surface area contributed by atoms with Gasteiger partial charge in [-0.2, -0.15) is 0 Å². The zero-order valence-electron chi connectivity index (χ0n) is 11.0. The molecule has 1 amide bonds. The summed E-state index contributed by atoms with van der Waals surface area (Å²) in [5, 5.41) is 6.03. The van der Waals surface area contributed by atoms with Gasteiger partial charge in [-0.3, -0.25) is 9.79 Å². The third kappa shape index (κ3) is 4.94. The molecule has 0 radical (unpaired) electrons. The number of hydrogen-bond donors (Lipinski definition) is 3. The van der Waals surface area contributed by atoms with E-state index in [1.807, 2.05) is 0 Å². The van der Waals surface area contributed by atoms with Gasteiger partial charge in [-0.1, -0.05) is 6.42 Å². The molecule has 0 spiro atoms. The third-order valence-electron chi connectivity index (χ3n) is 3.57. The summed E-state index contributed by atoms with van der Waals surface area (Å²) in [6, 6.07) is 0.458. The Morgan fingerprint density at radius 1 is 1.28 bits per heavy atom. The van der Waals surface area contributed by atoms with Crippen LogP contribution < -0.4 is 16.4 Å². The summed E-state index contributed by atoms with van der Waals surface area (Å²) >= 11 is 0. The SMILES string of the molecule is NC(=NCC1CCC1)NCCCC(=O)NC1CC1. The van der Waals surface area contributed by atoms with E-state index in [4.69, 9.17) is 5.73 Å². The first kappa shape index (κ1) is 13.2. The number of aliphatic imine (C=N–C) groups is 1. The molecule has 5 heteroatoms. The molecule has 0 heterocycles. The molecule has 0 aromatic heterocycles. The molecule has 102 valence electrons. The van der Waals surface area contributed by atoms with Crippen LogP contribution in [-0.2, 0) is 4.79 Å². The van der Waals surface area contributed by atoms with Gasteiger partial charge in [0.1, 0.15) is 0 Å². The van der Waals surface area contributed by atoms with Crippen molar-refractivity contribution >= 4 is 11.9 Å². The summed E-state index contributed by atoms with van der Waals surface area (Å²) < 4.78 is 0. The highest BCUT2D eigenvalue weighted by molar-refractivity contribution is 5.78. The average Bonchev–Trinajstić information content (AvgIpc) is 3.06. The van der Waals surface area contributed by atoms with E-state index in [2.05, 4.69) is 15.6 Å². The predicted octanol–water partition coefficient (Wildman–Crippen LogP) is 0.750. The Bertz CT molecular complexity index is 308. The van der Waals surface area contributed by atoms with Crippen molar-refractivity contribution in [1.82, 2.24) is 10.6 Å². The largest absolute Gasteiger partial charge is 0.370 e. The van der Waals surface area contributed by atoms with E-state index in [1.165, 1.54) is 19.3 Å². The summed E-state index contributed by atoms with van der Waals surface area (Å²) in [5.41, 5.74) is 5.75. The number of amides is 1. The smallest absolute Gasteiger partial charge is 0.220 e. The quantitative estimate of drug-likeness (QED) is 0.355. The molecule has 0 aromatic carbocycles. The average molecular weight is 252 g/mol. The zero-order valence-corrected chi connectivity index (χ0v) is 11.0. The highest BCUT2D eigenvalue weighted by Crippen LogP contribution is 2.26. The number of carbonyl (C=O) groups is 1. The van der Waals surface area contributed by atoms with Gasteiger partial charge in [-0.05, 0) is 38.0 Å². The number of nitrogens with zero attached hydrogens (tertiary/aromatic N) is 1. The Labute approximate surface area is 109 Å². The van der Waals surface area contributed by atoms with E-state index in [0.717, 1.165) is 38.3 Å². The van der Waals surface area contributed by atoms with Crippen molar-refractivity contribution in [3.05, 3.63) is 0 Å². The molecule has 5 nitrogen and oxygen atoms in total. The van der Waals surface area contributed by atoms with Gasteiger partial charge in [0, 0.05) is 25.6 Å². The second-order valence-corrected chi connectivity index (χ2v) is 5.39. The first-order valence-electron chi connectivity index (χ1n) is 7.07. The Morgan fingerprint density at radius 3 is 2.67 bits per heavy atom. The van der Waals surface area contributed by atoms with Crippen molar-refractivity contribution in [2.24, 2.45) is 16.6 Å². The van der Waals surface area contributed by atoms with Crippen LogP contribution in [0.25, 0.3) is 0 Å². The first-order chi connectivity index (χ1) is 8.74. The molecule has 2 aliphatic rings. The Balaban J connectivity index is 1.46. The second kappa shape index (κ2) is 6.61. The number of hydrogen-bond acceptors (Lipinski definition) is 2. The van der Waals surface area contributed by atoms with Gasteiger partial charge in [0.15, 0.2) is 5.96 Å². The maximum atomic E-state index is 11.4. The van der Waals surface area contributed by atoms with Gasteiger partial charge in [0.25, 0.3) is 0 Å². The lowest BCUT2D eigenvalue weighted by Crippen LogP contribution is -2.34. The summed E-state index contributed by atoms with van der Waals surface area (Å²) in [5.74, 6) is 1.42. The summed E-state index contributed by atoms with van der Waals surface area (Å²) in [6.07, 6.45) is 7.58. The molecule has 2 fully saturated rings. The van der Waals surface area contributed by atoms with E-state index in [9.17, 15) is 4.79 Å². The standard InChI is InChI=1S/C13H24N4O/c14-13(16-9-10-3-1-4-10)15-8-2-5-12(18)17-11-6-7-11/h10-11H,1-9H2,(H,17,18)(H3,14,15,16). The van der Waals surface area contributed by atoms with E-state index in [0.29, 0.717) is 18.4 Å². The van der Waals surface area contributed by atoms with Crippen LogP contribution in [0.2, 0.25) is 0 Å². The van der Waals surface area contributed by atoms with E-state index < -0.39 is 0 Å². The Kier molecular flexibility index (Phi) is 4.84. The number of nitrogens with two attached hydrogens (primary N) is 1. The summed E-state index contributed by atoms with van der Waals surface area (Å²) in [7, 11) is 0. The maximum Gasteiger partial charge on any atom is 0.220 e. The second-order valence-electron chi connectivity index (χ2n) is 5.39. The molecule has 4 N–H and O–H groups in total. The first-order valence-corrected chi connectivity index (χ1v) is 7.07. The molecule has 2 rings (SSSR count). The van der Waals surface area contributed by atoms with Gasteiger partial charge < -0.3 is 16.4 Å². The topological polar surface area (TPSA) is 79.5 Å². The van der Waals surface area contributed by atoms with Crippen LogP contribution >= 0.6 is 0 Å². The normalized spacial score (nSPS) is 20.3. The Morgan fingerprint density at radius 2 is 2.06 bits per heavy atom. The maximum absolute atomic E-state index is 11.4. The minimum absolute atomic E-state index is 0.157. The fourth-order valence-electron chi connectivity index (χ4n) is 1.95. The number of rotatable bonds is 7. The number of nitrogens with one attached hydrogen (secondary N) is 2. The van der Waals surface area contributed by atoms with Crippen LogP contribution in [0, 0.1) is 5.92 Å². The molecular formula is C13H24N4O. The monoisotopic (exact) mass is 252 g/mol. The molecule has 0 saturated heterocycles. The highest BCUT2D eigenvalue weighted by Gasteiger charge is 2.22. The lowest BCUT2D eigenvalue weighted by atomic mass is 9.86. The van der Waals surface area contributed by atoms with Crippen molar-refractivity contribution in [2.45, 2.75) is 51.0 Å². The van der Waals surface area contributed by atoms with Crippen molar-refractivity contribution < 1.29 is 4.79 Å². The van der Waals surface area contributed by atoms with Crippen LogP contribution in [0.1, 0.15) is 44.9 Å². The zero-order chi connectivity index (χ0) is 12.8. The van der Waals surface area contributed by atoms with Crippen LogP contribution in [0.15, 0.2) is 4.99 Å². The van der Waals surface area contributed by atoms with E-state index >= 15 is 0 Å². The lowest BCUT2D eigenvalue weighted by molar-refractivity contribution is -0.121. The van der Waals surface area contributed by atoms with Crippen LogP contribution in [0.3, 0.4) is 0 Å².